The van der Waals surface area contributed by atoms with Crippen LogP contribution in [0.25, 0.3) is 10.8 Å². The summed E-state index contributed by atoms with van der Waals surface area (Å²) in [5, 5.41) is 5.53. The summed E-state index contributed by atoms with van der Waals surface area (Å²) in [6.45, 7) is 11.3. The Bertz CT molecular complexity index is 1070. The fourth-order valence-electron chi connectivity index (χ4n) is 6.91. The lowest BCUT2D eigenvalue weighted by Crippen LogP contribution is -2.65. The highest BCUT2D eigenvalue weighted by Crippen LogP contribution is 2.65. The second kappa shape index (κ2) is 8.65. The van der Waals surface area contributed by atoms with E-state index in [9.17, 15) is 4.79 Å². The number of benzene rings is 2. The zero-order chi connectivity index (χ0) is 24.3. The molecular formula is C28H39BN2O3. The lowest BCUT2D eigenvalue weighted by Gasteiger charge is -2.64. The van der Waals surface area contributed by atoms with Gasteiger partial charge in [0.25, 0.3) is 0 Å². The molecule has 1 saturated heterocycles. The molecule has 2 aromatic rings. The predicted molar refractivity (Wildman–Crippen MR) is 137 cm³/mol. The van der Waals surface area contributed by atoms with Crippen LogP contribution in [0.3, 0.4) is 0 Å². The van der Waals surface area contributed by atoms with Gasteiger partial charge in [0.15, 0.2) is 0 Å². The van der Waals surface area contributed by atoms with Crippen LogP contribution in [0.4, 0.5) is 0 Å². The lowest BCUT2D eigenvalue weighted by atomic mass is 9.43. The number of hydrogen-bond acceptors (Lipinski definition) is 4. The first-order valence-corrected chi connectivity index (χ1v) is 13.0. The molecule has 6 atom stereocenters. The Morgan fingerprint density at radius 2 is 1.88 bits per heavy atom. The van der Waals surface area contributed by atoms with Crippen LogP contribution in [0.2, 0.25) is 0 Å². The zero-order valence-electron chi connectivity index (χ0n) is 21.2. The summed E-state index contributed by atoms with van der Waals surface area (Å²) < 4.78 is 13.2. The Morgan fingerprint density at radius 1 is 1.15 bits per heavy atom. The summed E-state index contributed by atoms with van der Waals surface area (Å²) in [4.78, 5) is 13.3. The van der Waals surface area contributed by atoms with Crippen molar-refractivity contribution in [1.29, 1.82) is 0 Å². The molecule has 1 heterocycles. The van der Waals surface area contributed by atoms with Gasteiger partial charge in [0.2, 0.25) is 5.91 Å². The van der Waals surface area contributed by atoms with Gasteiger partial charge < -0.3 is 20.4 Å². The van der Waals surface area contributed by atoms with Crippen LogP contribution < -0.4 is 11.1 Å². The van der Waals surface area contributed by atoms with Crippen LogP contribution in [-0.2, 0) is 20.5 Å². The first kappa shape index (κ1) is 23.8. The first-order chi connectivity index (χ1) is 16.1. The lowest BCUT2D eigenvalue weighted by molar-refractivity contribution is -0.199. The smallest absolute Gasteiger partial charge is 0.404 e. The van der Waals surface area contributed by atoms with E-state index in [0.717, 1.165) is 29.2 Å². The van der Waals surface area contributed by atoms with Crippen molar-refractivity contribution in [2.24, 2.45) is 28.9 Å². The van der Waals surface area contributed by atoms with Gasteiger partial charge in [-0.3, -0.25) is 4.79 Å². The van der Waals surface area contributed by atoms with E-state index in [1.807, 2.05) is 18.2 Å². The molecule has 2 bridgehead atoms. The van der Waals surface area contributed by atoms with Gasteiger partial charge in [-0.15, -0.1) is 0 Å². The maximum Gasteiger partial charge on any atom is 0.481 e. The molecule has 2 aromatic carbocycles. The Balaban J connectivity index is 1.29. The van der Waals surface area contributed by atoms with Crippen LogP contribution in [0.1, 0.15) is 59.4 Å². The fraction of sp³-hybridized carbons (Fsp3) is 0.607. The van der Waals surface area contributed by atoms with E-state index in [4.69, 9.17) is 15.0 Å². The van der Waals surface area contributed by atoms with Crippen molar-refractivity contribution in [3.8, 4) is 0 Å². The molecule has 4 fully saturated rings. The van der Waals surface area contributed by atoms with E-state index < -0.39 is 13.2 Å². The van der Waals surface area contributed by atoms with Gasteiger partial charge in [-0.1, -0.05) is 70.2 Å². The average Bonchev–Trinajstić information content (AvgIpc) is 3.15. The summed E-state index contributed by atoms with van der Waals surface area (Å²) in [5.74, 6) is 1.24. The summed E-state index contributed by atoms with van der Waals surface area (Å²) in [7, 11) is -0.429. The second-order valence-electron chi connectivity index (χ2n) is 12.0. The average molecular weight is 462 g/mol. The maximum absolute atomic E-state index is 13.3. The molecule has 34 heavy (non-hydrogen) atoms. The Kier molecular flexibility index (Phi) is 6.06. The standard InChI is InChI=1S/C28H39BN2O3/c1-17(2)13-25(29-33-24-16-20-15-23(27(20,3)4)28(24,5)34-29)31-26(32)22(30)14-19-11-8-10-18-9-6-7-12-21(18)19/h6-12,17,20,22-25H,13-16,30H2,1-5H3,(H,31,32)/t20-,22-,23-,24+,25-,28-/m0/s1. The van der Waals surface area contributed by atoms with Gasteiger partial charge in [0, 0.05) is 0 Å². The van der Waals surface area contributed by atoms with Gasteiger partial charge in [-0.05, 0) is 72.1 Å². The topological polar surface area (TPSA) is 73.6 Å². The van der Waals surface area contributed by atoms with Crippen molar-refractivity contribution >= 4 is 23.8 Å². The second-order valence-corrected chi connectivity index (χ2v) is 12.0. The number of amides is 1. The van der Waals surface area contributed by atoms with Crippen LogP contribution in [0, 0.1) is 23.2 Å². The van der Waals surface area contributed by atoms with Gasteiger partial charge in [0.05, 0.1) is 23.7 Å². The SMILES string of the molecule is CC(C)C[C@H](NC(=O)[C@@H](N)Cc1cccc2ccccc12)B1O[C@@H]2C[C@@H]3C[C@@H](C3(C)C)[C@]2(C)O1. The first-order valence-electron chi connectivity index (χ1n) is 13.0. The molecule has 0 radical (unpaired) electrons. The molecule has 0 aromatic heterocycles. The predicted octanol–water partition coefficient (Wildman–Crippen LogP) is 4.51. The molecule has 1 aliphatic heterocycles. The molecule has 3 saturated carbocycles. The van der Waals surface area contributed by atoms with Crippen molar-refractivity contribution in [2.45, 2.75) is 84.0 Å². The van der Waals surface area contributed by atoms with Crippen molar-refractivity contribution < 1.29 is 14.1 Å². The zero-order valence-corrected chi connectivity index (χ0v) is 21.2. The third kappa shape index (κ3) is 3.98. The molecule has 6 heteroatoms. The Hall–Kier alpha value is -1.89. The number of nitrogens with two attached hydrogens (primary N) is 1. The highest BCUT2D eigenvalue weighted by atomic mass is 16.7. The third-order valence-electron chi connectivity index (χ3n) is 9.01. The van der Waals surface area contributed by atoms with Crippen LogP contribution in [0.15, 0.2) is 42.5 Å². The largest absolute Gasteiger partial charge is 0.481 e. The molecule has 4 aliphatic rings. The van der Waals surface area contributed by atoms with E-state index in [1.54, 1.807) is 0 Å². The molecule has 1 amide bonds. The Labute approximate surface area is 204 Å². The highest BCUT2D eigenvalue weighted by Gasteiger charge is 2.68. The number of rotatable bonds is 7. The maximum atomic E-state index is 13.3. The van der Waals surface area contributed by atoms with Gasteiger partial charge in [-0.2, -0.15) is 0 Å². The van der Waals surface area contributed by atoms with E-state index in [1.165, 1.54) is 6.42 Å². The number of hydrogen-bond donors (Lipinski definition) is 2. The number of carbonyl (C=O) groups excluding carboxylic acids is 1. The molecule has 6 rings (SSSR count). The van der Waals surface area contributed by atoms with E-state index in [-0.39, 0.29) is 23.6 Å². The molecule has 0 unspecified atom stereocenters. The Morgan fingerprint density at radius 3 is 2.62 bits per heavy atom. The van der Waals surface area contributed by atoms with Crippen LogP contribution in [0.5, 0.6) is 0 Å². The van der Waals surface area contributed by atoms with Gasteiger partial charge in [-0.25, -0.2) is 0 Å². The van der Waals surface area contributed by atoms with E-state index >= 15 is 0 Å². The van der Waals surface area contributed by atoms with Crippen molar-refractivity contribution in [1.82, 2.24) is 5.32 Å². The summed E-state index contributed by atoms with van der Waals surface area (Å²) >= 11 is 0. The minimum Gasteiger partial charge on any atom is -0.404 e. The van der Waals surface area contributed by atoms with Crippen molar-refractivity contribution in [3.63, 3.8) is 0 Å². The van der Waals surface area contributed by atoms with Crippen LogP contribution >= 0.6 is 0 Å². The molecule has 182 valence electrons. The molecule has 0 spiro atoms. The summed E-state index contributed by atoms with van der Waals surface area (Å²) in [5.41, 5.74) is 7.53. The number of carbonyl (C=O) groups is 1. The van der Waals surface area contributed by atoms with Gasteiger partial charge in [0.1, 0.15) is 0 Å². The number of nitrogens with one attached hydrogen (secondary N) is 1. The normalized spacial score (nSPS) is 31.1. The monoisotopic (exact) mass is 462 g/mol. The molecule has 5 nitrogen and oxygen atoms in total. The van der Waals surface area contributed by atoms with Crippen molar-refractivity contribution in [3.05, 3.63) is 48.0 Å². The van der Waals surface area contributed by atoms with E-state index in [2.05, 4.69) is 64.2 Å². The molecular weight excluding hydrogens is 423 g/mol. The van der Waals surface area contributed by atoms with Crippen molar-refractivity contribution in [2.75, 3.05) is 0 Å². The molecule has 3 aliphatic carbocycles. The third-order valence-corrected chi connectivity index (χ3v) is 9.01. The van der Waals surface area contributed by atoms with Crippen LogP contribution in [-0.4, -0.2) is 36.7 Å². The highest BCUT2D eigenvalue weighted by molar-refractivity contribution is 6.47. The summed E-state index contributed by atoms with van der Waals surface area (Å²) in [6.07, 6.45) is 3.64. The number of fused-ring (bicyclic) bond motifs is 1. The van der Waals surface area contributed by atoms with Gasteiger partial charge >= 0.3 is 7.12 Å². The summed E-state index contributed by atoms with van der Waals surface area (Å²) in [6, 6.07) is 13.8. The quantitative estimate of drug-likeness (QED) is 0.594. The minimum atomic E-state index is -0.633. The fourth-order valence-corrected chi connectivity index (χ4v) is 6.91. The van der Waals surface area contributed by atoms with E-state index in [0.29, 0.717) is 29.6 Å². The minimum absolute atomic E-state index is 0.102. The molecule has 3 N–H and O–H groups in total.